The van der Waals surface area contributed by atoms with Crippen molar-refractivity contribution in [2.24, 2.45) is 0 Å². The van der Waals surface area contributed by atoms with Gasteiger partial charge >= 0.3 is 6.01 Å². The molecule has 9 aromatic rings. The van der Waals surface area contributed by atoms with Crippen LogP contribution in [0.5, 0.6) is 0 Å². The number of hydrogen-bond acceptors (Lipinski definition) is 7. The van der Waals surface area contributed by atoms with Gasteiger partial charge in [-0.1, -0.05) is 57.7 Å². The van der Waals surface area contributed by atoms with Crippen molar-refractivity contribution in [3.8, 4) is 33.4 Å². The first kappa shape index (κ1) is 35.4. The van der Waals surface area contributed by atoms with E-state index in [-0.39, 0.29) is 0 Å². The Labute approximate surface area is 362 Å². The molecule has 63 heavy (non-hydrogen) atoms. The highest BCUT2D eigenvalue weighted by Gasteiger charge is 2.57. The van der Waals surface area contributed by atoms with Crippen LogP contribution in [0.3, 0.4) is 0 Å². The van der Waals surface area contributed by atoms with Gasteiger partial charge in [-0.3, -0.25) is 34.9 Å². The molecule has 0 saturated carbocycles. The number of aromatic nitrogens is 7. The third-order valence-electron chi connectivity index (χ3n) is 13.7. The summed E-state index contributed by atoms with van der Waals surface area (Å²) in [6.07, 6.45) is 29.3. The largest absolute Gasteiger partial charge is 0.490 e. The van der Waals surface area contributed by atoms with Crippen molar-refractivity contribution in [1.29, 1.82) is 0 Å². The minimum Gasteiger partial charge on any atom is -0.264 e. The summed E-state index contributed by atoms with van der Waals surface area (Å²) in [5.74, 6) is 0. The Kier molecular flexibility index (Phi) is 7.33. The van der Waals surface area contributed by atoms with Crippen molar-refractivity contribution in [2.45, 2.75) is 16.4 Å². The van der Waals surface area contributed by atoms with E-state index in [1.807, 2.05) is 104 Å². The van der Waals surface area contributed by atoms with Crippen LogP contribution >= 0.6 is 0 Å². The molecule has 0 spiro atoms. The highest BCUT2D eigenvalue weighted by Crippen LogP contribution is 2.60. The van der Waals surface area contributed by atoms with Gasteiger partial charge in [0, 0.05) is 131 Å². The van der Waals surface area contributed by atoms with E-state index in [0.717, 1.165) is 94.7 Å². The van der Waals surface area contributed by atoms with Crippen LogP contribution in [0.4, 0.5) is 0 Å². The SMILES string of the molecule is C[N+]1=C=[N+](C2(c3cccc(C4(c5cccc(C6(c7ccccn7)c7ccncc7-c7cnccc76)c5)c5ccncc5-c5cnccc54)c3)c3ccncc3-c3cnccc32)C=C1. The number of hydrogen-bond donors (Lipinski definition) is 0. The van der Waals surface area contributed by atoms with Crippen molar-refractivity contribution in [2.75, 3.05) is 7.05 Å². The lowest BCUT2D eigenvalue weighted by atomic mass is 9.64. The first-order valence-corrected chi connectivity index (χ1v) is 20.9. The molecule has 294 valence electrons. The lowest BCUT2D eigenvalue weighted by Crippen LogP contribution is -2.38. The topological polar surface area (TPSA) is 96.2 Å². The fourth-order valence-corrected chi connectivity index (χ4v) is 11.4. The van der Waals surface area contributed by atoms with Gasteiger partial charge in [-0.25, -0.2) is 0 Å². The minimum absolute atomic E-state index is 0.763. The third-order valence-corrected chi connectivity index (χ3v) is 13.7. The van der Waals surface area contributed by atoms with Gasteiger partial charge < -0.3 is 0 Å². The van der Waals surface area contributed by atoms with Crippen LogP contribution in [0.1, 0.15) is 61.3 Å². The van der Waals surface area contributed by atoms with E-state index in [4.69, 9.17) is 15.0 Å². The summed E-state index contributed by atoms with van der Waals surface area (Å²) >= 11 is 0. The molecule has 0 atom stereocenters. The van der Waals surface area contributed by atoms with E-state index in [2.05, 4.69) is 134 Å². The molecule has 1 aliphatic heterocycles. The highest BCUT2D eigenvalue weighted by molar-refractivity contribution is 5.88. The van der Waals surface area contributed by atoms with E-state index in [1.54, 1.807) is 0 Å². The molecular formula is C54H35N9+2. The highest BCUT2D eigenvalue weighted by atomic mass is 15.2. The molecule has 0 fully saturated rings. The first-order chi connectivity index (χ1) is 31.2. The zero-order valence-corrected chi connectivity index (χ0v) is 34.0. The van der Waals surface area contributed by atoms with Crippen molar-refractivity contribution in [3.63, 3.8) is 0 Å². The molecule has 0 unspecified atom stereocenters. The van der Waals surface area contributed by atoms with Crippen molar-refractivity contribution < 1.29 is 9.15 Å². The van der Waals surface area contributed by atoms with E-state index < -0.39 is 16.4 Å². The Balaban J connectivity index is 1.14. The van der Waals surface area contributed by atoms with Crippen molar-refractivity contribution in [1.82, 2.24) is 34.9 Å². The number of rotatable bonds is 6. The summed E-state index contributed by atoms with van der Waals surface area (Å²) < 4.78 is 4.19. The fraction of sp³-hybridized carbons (Fsp3) is 0.0741. The molecule has 13 rings (SSSR count). The smallest absolute Gasteiger partial charge is 0.264 e. The average molecular weight is 810 g/mol. The van der Waals surface area contributed by atoms with Crippen LogP contribution in [0, 0.1) is 0 Å². The van der Waals surface area contributed by atoms with Gasteiger partial charge in [0.1, 0.15) is 0 Å². The maximum Gasteiger partial charge on any atom is 0.490 e. The standard InChI is InChI=1S/C54H35N9/c1-62-24-25-63(34-62)54(49-15-22-59-32-43(49)44-33-60-23-16-50(44)54)38-9-5-7-36(27-38)52(45-11-18-55-28-39(45)40-29-56-19-12-46(40)52)35-6-4-8-37(26-35)53(51-10-2-3-17-61-51)47-13-20-57-30-41(47)42-31-58-21-14-48(42)53/h2-33H,1H3/q+2. The molecule has 3 aliphatic carbocycles. The lowest BCUT2D eigenvalue weighted by Gasteiger charge is -2.37. The zero-order chi connectivity index (χ0) is 41.8. The predicted molar refractivity (Wildman–Crippen MR) is 238 cm³/mol. The van der Waals surface area contributed by atoms with Crippen LogP contribution in [0.15, 0.2) is 196 Å². The van der Waals surface area contributed by atoms with Crippen LogP contribution in [-0.2, 0) is 16.4 Å². The Morgan fingerprint density at radius 2 is 0.810 bits per heavy atom. The van der Waals surface area contributed by atoms with Gasteiger partial charge in [0.2, 0.25) is 12.4 Å². The number of fused-ring (bicyclic) bond motifs is 9. The maximum atomic E-state index is 5.14. The summed E-state index contributed by atoms with van der Waals surface area (Å²) in [4.78, 5) is 33.0. The molecular weight excluding hydrogens is 775 g/mol. The second kappa shape index (κ2) is 13.1. The van der Waals surface area contributed by atoms with Gasteiger partial charge in [-0.05, 0) is 93.5 Å². The Bertz CT molecular complexity index is 3360. The average Bonchev–Trinajstić information content (AvgIpc) is 4.09. The molecule has 2 aromatic carbocycles. The lowest BCUT2D eigenvalue weighted by molar-refractivity contribution is -0.533. The summed E-state index contributed by atoms with van der Waals surface area (Å²) in [6, 6.07) is 41.1. The fourth-order valence-electron chi connectivity index (χ4n) is 11.4. The zero-order valence-electron chi connectivity index (χ0n) is 34.0. The van der Waals surface area contributed by atoms with Crippen LogP contribution < -0.4 is 0 Å². The molecule has 0 radical (unpaired) electrons. The van der Waals surface area contributed by atoms with Crippen LogP contribution in [0.2, 0.25) is 0 Å². The number of nitrogens with zero attached hydrogens (tertiary/aromatic N) is 9. The molecule has 8 heterocycles. The first-order valence-electron chi connectivity index (χ1n) is 20.9. The molecule has 0 bridgehead atoms. The molecule has 9 nitrogen and oxygen atoms in total. The van der Waals surface area contributed by atoms with E-state index in [9.17, 15) is 0 Å². The summed E-state index contributed by atoms with van der Waals surface area (Å²) in [7, 11) is 2.01. The molecule has 0 amide bonds. The summed E-state index contributed by atoms with van der Waals surface area (Å²) in [5.41, 5.74) is 16.0. The summed E-state index contributed by atoms with van der Waals surface area (Å²) in [5, 5.41) is 0. The van der Waals surface area contributed by atoms with Crippen LogP contribution in [-0.4, -0.2) is 57.1 Å². The molecule has 0 saturated heterocycles. The quantitative estimate of drug-likeness (QED) is 0.155. The van der Waals surface area contributed by atoms with Gasteiger partial charge in [-0.2, -0.15) is 0 Å². The number of benzene rings is 2. The predicted octanol–water partition coefficient (Wildman–Crippen LogP) is 8.76. The molecule has 7 aromatic heterocycles. The Morgan fingerprint density at radius 1 is 0.397 bits per heavy atom. The monoisotopic (exact) mass is 809 g/mol. The second-order valence-corrected chi connectivity index (χ2v) is 16.5. The van der Waals surface area contributed by atoms with Crippen LogP contribution in [0.25, 0.3) is 33.4 Å². The molecule has 9 heteroatoms. The van der Waals surface area contributed by atoms with Gasteiger partial charge in [0.25, 0.3) is 5.54 Å². The minimum atomic E-state index is -0.804. The normalized spacial score (nSPS) is 16.0. The summed E-state index contributed by atoms with van der Waals surface area (Å²) in [6.45, 7) is 0. The van der Waals surface area contributed by atoms with Crippen molar-refractivity contribution >= 4 is 6.01 Å². The van der Waals surface area contributed by atoms with Gasteiger partial charge in [-0.15, -0.1) is 0 Å². The van der Waals surface area contributed by atoms with Gasteiger partial charge in [0.05, 0.1) is 16.5 Å². The Hall–Kier alpha value is -8.39. The van der Waals surface area contributed by atoms with E-state index in [1.165, 1.54) is 0 Å². The second-order valence-electron chi connectivity index (χ2n) is 16.5. The Morgan fingerprint density at radius 3 is 1.25 bits per heavy atom. The molecule has 4 aliphatic rings. The van der Waals surface area contributed by atoms with E-state index >= 15 is 0 Å². The van der Waals surface area contributed by atoms with E-state index in [0.29, 0.717) is 0 Å². The van der Waals surface area contributed by atoms with Crippen molar-refractivity contribution in [3.05, 3.63) is 257 Å². The molecule has 0 N–H and O–H groups in total. The number of pyridine rings is 7. The van der Waals surface area contributed by atoms with Gasteiger partial charge in [0.15, 0.2) is 7.05 Å². The maximum absolute atomic E-state index is 5.14. The third kappa shape index (κ3) is 4.48.